The maximum Gasteiger partial charge on any atom is 0.338 e. The van der Waals surface area contributed by atoms with Crippen LogP contribution in [0.4, 0.5) is 0 Å². The molecule has 1 heterocycles. The largest absolute Gasteiger partial charge is 0.478 e. The fraction of sp³-hybridized carbons (Fsp3) is 0.500. The first kappa shape index (κ1) is 13.3. The highest BCUT2D eigenvalue weighted by atomic mass is 16.4. The smallest absolute Gasteiger partial charge is 0.338 e. The molecule has 1 aromatic rings. The summed E-state index contributed by atoms with van der Waals surface area (Å²) in [5, 5.41) is 8.71. The van der Waals surface area contributed by atoms with Crippen LogP contribution in [0, 0.1) is 0 Å². The third-order valence-corrected chi connectivity index (χ3v) is 2.50. The molecule has 0 aliphatic rings. The predicted molar refractivity (Wildman–Crippen MR) is 62.2 cm³/mol. The molecular weight excluding hydrogens is 222 g/mol. The van der Waals surface area contributed by atoms with E-state index in [2.05, 4.69) is 6.92 Å². The number of furan rings is 1. The average molecular weight is 239 g/mol. The summed E-state index contributed by atoms with van der Waals surface area (Å²) in [5.41, 5.74) is -0.00434. The molecule has 0 fully saturated rings. The van der Waals surface area contributed by atoms with Crippen LogP contribution in [0.3, 0.4) is 0 Å². The first-order valence-corrected chi connectivity index (χ1v) is 5.63. The molecular formula is C12H17NO4. The molecule has 0 aliphatic heterocycles. The van der Waals surface area contributed by atoms with E-state index in [4.69, 9.17) is 9.52 Å². The number of hydrogen-bond acceptors (Lipinski definition) is 3. The van der Waals surface area contributed by atoms with E-state index in [1.807, 2.05) is 0 Å². The SMILES string of the molecule is CCCCCN(C)C(=O)c1cc(C(=O)O)co1. The van der Waals surface area contributed by atoms with Crippen molar-refractivity contribution in [2.75, 3.05) is 13.6 Å². The van der Waals surface area contributed by atoms with Crippen molar-refractivity contribution in [3.63, 3.8) is 0 Å². The summed E-state index contributed by atoms with van der Waals surface area (Å²) < 4.78 is 4.94. The zero-order valence-electron chi connectivity index (χ0n) is 10.1. The van der Waals surface area contributed by atoms with Gasteiger partial charge in [-0.2, -0.15) is 0 Å². The van der Waals surface area contributed by atoms with Crippen LogP contribution in [0.1, 0.15) is 47.1 Å². The van der Waals surface area contributed by atoms with Crippen molar-refractivity contribution < 1.29 is 19.1 Å². The van der Waals surface area contributed by atoms with E-state index < -0.39 is 5.97 Å². The Morgan fingerprint density at radius 3 is 2.65 bits per heavy atom. The summed E-state index contributed by atoms with van der Waals surface area (Å²) in [6, 6.07) is 1.25. The number of carbonyl (C=O) groups is 2. The Balaban J connectivity index is 2.58. The first-order valence-electron chi connectivity index (χ1n) is 5.63. The van der Waals surface area contributed by atoms with Crippen molar-refractivity contribution in [2.45, 2.75) is 26.2 Å². The van der Waals surface area contributed by atoms with E-state index in [0.29, 0.717) is 6.54 Å². The van der Waals surface area contributed by atoms with E-state index in [-0.39, 0.29) is 17.2 Å². The minimum absolute atomic E-state index is 0.00434. The lowest BCUT2D eigenvalue weighted by Gasteiger charge is -2.14. The monoisotopic (exact) mass is 239 g/mol. The van der Waals surface area contributed by atoms with Gasteiger partial charge in [0.25, 0.3) is 5.91 Å². The second-order valence-electron chi connectivity index (χ2n) is 3.94. The van der Waals surface area contributed by atoms with Crippen molar-refractivity contribution in [1.82, 2.24) is 4.90 Å². The normalized spacial score (nSPS) is 10.2. The van der Waals surface area contributed by atoms with Crippen molar-refractivity contribution >= 4 is 11.9 Å². The molecule has 17 heavy (non-hydrogen) atoms. The maximum atomic E-state index is 11.8. The van der Waals surface area contributed by atoms with E-state index >= 15 is 0 Å². The maximum absolute atomic E-state index is 11.8. The van der Waals surface area contributed by atoms with Gasteiger partial charge in [0.2, 0.25) is 0 Å². The van der Waals surface area contributed by atoms with E-state index in [1.54, 1.807) is 11.9 Å². The minimum Gasteiger partial charge on any atom is -0.478 e. The number of amides is 1. The van der Waals surface area contributed by atoms with Crippen LogP contribution >= 0.6 is 0 Å². The van der Waals surface area contributed by atoms with Gasteiger partial charge in [-0.1, -0.05) is 19.8 Å². The topological polar surface area (TPSA) is 70.8 Å². The Morgan fingerprint density at radius 2 is 2.12 bits per heavy atom. The van der Waals surface area contributed by atoms with Crippen LogP contribution in [-0.4, -0.2) is 35.5 Å². The average Bonchev–Trinajstić information content (AvgIpc) is 2.77. The molecule has 1 rings (SSSR count). The second kappa shape index (κ2) is 6.08. The Kier molecular flexibility index (Phi) is 4.75. The highest BCUT2D eigenvalue weighted by Gasteiger charge is 2.17. The number of carboxylic acids is 1. The van der Waals surface area contributed by atoms with E-state index in [0.717, 1.165) is 25.5 Å². The van der Waals surface area contributed by atoms with Crippen molar-refractivity contribution in [2.24, 2.45) is 0 Å². The number of hydrogen-bond donors (Lipinski definition) is 1. The minimum atomic E-state index is -1.10. The Bertz CT molecular complexity index is 397. The number of carbonyl (C=O) groups excluding carboxylic acids is 1. The summed E-state index contributed by atoms with van der Waals surface area (Å²) in [6.07, 6.45) is 4.17. The van der Waals surface area contributed by atoms with Gasteiger partial charge < -0.3 is 14.4 Å². The zero-order chi connectivity index (χ0) is 12.8. The molecule has 0 bridgehead atoms. The third-order valence-electron chi connectivity index (χ3n) is 2.50. The van der Waals surface area contributed by atoms with Crippen molar-refractivity contribution in [3.8, 4) is 0 Å². The van der Waals surface area contributed by atoms with Crippen LogP contribution in [-0.2, 0) is 0 Å². The summed E-state index contributed by atoms with van der Waals surface area (Å²) in [6.45, 7) is 2.74. The number of carboxylic acid groups (broad SMARTS) is 1. The molecule has 0 radical (unpaired) electrons. The molecule has 1 aromatic heterocycles. The summed E-state index contributed by atoms with van der Waals surface area (Å²) in [7, 11) is 1.68. The lowest BCUT2D eigenvalue weighted by Crippen LogP contribution is -2.27. The lowest BCUT2D eigenvalue weighted by atomic mass is 10.2. The molecule has 0 saturated carbocycles. The quantitative estimate of drug-likeness (QED) is 0.773. The van der Waals surface area contributed by atoms with Crippen LogP contribution < -0.4 is 0 Å². The Morgan fingerprint density at radius 1 is 1.41 bits per heavy atom. The van der Waals surface area contributed by atoms with Gasteiger partial charge in [-0.3, -0.25) is 4.79 Å². The van der Waals surface area contributed by atoms with Gasteiger partial charge in [-0.15, -0.1) is 0 Å². The van der Waals surface area contributed by atoms with Gasteiger partial charge in [0.15, 0.2) is 5.76 Å². The standard InChI is InChI=1S/C12H17NO4/c1-3-4-5-6-13(2)11(14)10-7-9(8-17-10)12(15)16/h7-8H,3-6H2,1-2H3,(H,15,16). The zero-order valence-corrected chi connectivity index (χ0v) is 10.1. The fourth-order valence-corrected chi connectivity index (χ4v) is 1.45. The predicted octanol–water partition coefficient (Wildman–Crippen LogP) is 2.24. The van der Waals surface area contributed by atoms with Crippen LogP contribution in [0.25, 0.3) is 0 Å². The third kappa shape index (κ3) is 3.62. The van der Waals surface area contributed by atoms with E-state index in [9.17, 15) is 9.59 Å². The van der Waals surface area contributed by atoms with Crippen molar-refractivity contribution in [3.05, 3.63) is 23.7 Å². The molecule has 94 valence electrons. The van der Waals surface area contributed by atoms with Crippen LogP contribution in [0.2, 0.25) is 0 Å². The molecule has 0 saturated heterocycles. The molecule has 0 aromatic carbocycles. The summed E-state index contributed by atoms with van der Waals surface area (Å²) in [5.74, 6) is -1.31. The van der Waals surface area contributed by atoms with Gasteiger partial charge >= 0.3 is 5.97 Å². The van der Waals surface area contributed by atoms with Gasteiger partial charge in [0.1, 0.15) is 6.26 Å². The van der Waals surface area contributed by atoms with Gasteiger partial charge in [-0.25, -0.2) is 4.79 Å². The molecule has 0 aliphatic carbocycles. The Labute approximate surface area is 100 Å². The second-order valence-corrected chi connectivity index (χ2v) is 3.94. The molecule has 5 heteroatoms. The van der Waals surface area contributed by atoms with Crippen LogP contribution in [0.5, 0.6) is 0 Å². The van der Waals surface area contributed by atoms with Gasteiger partial charge in [0.05, 0.1) is 5.56 Å². The highest BCUT2D eigenvalue weighted by molar-refractivity contribution is 5.95. The number of unbranched alkanes of at least 4 members (excludes halogenated alkanes) is 2. The van der Waals surface area contributed by atoms with Crippen molar-refractivity contribution in [1.29, 1.82) is 0 Å². The number of rotatable bonds is 6. The molecule has 1 amide bonds. The highest BCUT2D eigenvalue weighted by Crippen LogP contribution is 2.10. The Hall–Kier alpha value is -1.78. The first-order chi connectivity index (χ1) is 8.06. The molecule has 0 atom stereocenters. The molecule has 0 unspecified atom stereocenters. The number of aromatic carboxylic acids is 1. The summed E-state index contributed by atoms with van der Waals surface area (Å²) in [4.78, 5) is 24.0. The van der Waals surface area contributed by atoms with Crippen LogP contribution in [0.15, 0.2) is 16.7 Å². The number of nitrogens with zero attached hydrogens (tertiary/aromatic N) is 1. The van der Waals surface area contributed by atoms with Gasteiger partial charge in [0, 0.05) is 19.7 Å². The fourth-order valence-electron chi connectivity index (χ4n) is 1.45. The lowest BCUT2D eigenvalue weighted by molar-refractivity contribution is 0.0695. The van der Waals surface area contributed by atoms with E-state index in [1.165, 1.54) is 6.07 Å². The molecule has 0 spiro atoms. The molecule has 5 nitrogen and oxygen atoms in total. The molecule has 1 N–H and O–H groups in total. The van der Waals surface area contributed by atoms with Gasteiger partial charge in [-0.05, 0) is 6.42 Å². The summed E-state index contributed by atoms with van der Waals surface area (Å²) >= 11 is 0.